The van der Waals surface area contributed by atoms with Gasteiger partial charge in [0.25, 0.3) is 5.91 Å². The Morgan fingerprint density at radius 2 is 1.85 bits per heavy atom. The molecule has 1 aromatic carbocycles. The second-order valence-electron chi connectivity index (χ2n) is 7.79. The lowest BCUT2D eigenvalue weighted by molar-refractivity contribution is -0.140. The number of hydrogen-bond donors (Lipinski definition) is 2. The van der Waals surface area contributed by atoms with Crippen molar-refractivity contribution in [1.82, 2.24) is 14.8 Å². The van der Waals surface area contributed by atoms with Gasteiger partial charge in [-0.1, -0.05) is 29.8 Å². The largest absolute Gasteiger partial charge is 0.433 e. The van der Waals surface area contributed by atoms with E-state index in [1.165, 1.54) is 0 Å². The average Bonchev–Trinajstić information content (AvgIpc) is 3.35. The number of nitrogens with zero attached hydrogens (tertiary/aromatic N) is 3. The van der Waals surface area contributed by atoms with Crippen LogP contribution in [-0.4, -0.2) is 26.6 Å². The Morgan fingerprint density at radius 3 is 2.44 bits per heavy atom. The molecule has 4 rings (SSSR count). The topological polar surface area (TPSA) is 103 Å². The van der Waals surface area contributed by atoms with Gasteiger partial charge in [0.15, 0.2) is 0 Å². The third kappa shape index (κ3) is 4.79. The summed E-state index contributed by atoms with van der Waals surface area (Å²) in [5.41, 5.74) is 6.88. The molecule has 0 aliphatic carbocycles. The predicted octanol–water partition coefficient (Wildman–Crippen LogP) is 4.92. The van der Waals surface area contributed by atoms with Gasteiger partial charge in [0.1, 0.15) is 15.4 Å². The number of aryl methyl sites for hydroxylation is 3. The summed E-state index contributed by atoms with van der Waals surface area (Å²) in [6.45, 7) is 3.96. The number of aromatic nitrogens is 3. The molecule has 0 unspecified atom stereocenters. The van der Waals surface area contributed by atoms with E-state index in [2.05, 4.69) is 15.4 Å². The molecule has 0 radical (unpaired) electrons. The van der Waals surface area contributed by atoms with Gasteiger partial charge in [0, 0.05) is 24.5 Å². The van der Waals surface area contributed by atoms with Gasteiger partial charge >= 0.3 is 6.18 Å². The molecule has 4 aromatic rings. The van der Waals surface area contributed by atoms with Gasteiger partial charge in [0.2, 0.25) is 5.91 Å². The number of fused-ring (bicyclic) bond motifs is 1. The molecule has 11 heteroatoms. The van der Waals surface area contributed by atoms with Crippen LogP contribution < -0.4 is 11.1 Å². The van der Waals surface area contributed by atoms with Crippen molar-refractivity contribution in [3.63, 3.8) is 0 Å². The molecule has 3 aromatic heterocycles. The Hall–Kier alpha value is -3.73. The number of amides is 2. The smallest absolute Gasteiger partial charge is 0.365 e. The third-order valence-electron chi connectivity index (χ3n) is 5.15. The summed E-state index contributed by atoms with van der Waals surface area (Å²) in [6, 6.07) is 9.61. The van der Waals surface area contributed by atoms with E-state index in [4.69, 9.17) is 5.73 Å². The zero-order valence-electron chi connectivity index (χ0n) is 18.2. The highest BCUT2D eigenvalue weighted by Gasteiger charge is 2.35. The van der Waals surface area contributed by atoms with Crippen LogP contribution in [0.5, 0.6) is 0 Å². The SMILES string of the molecule is Cc1ccc(-c2cc(C(F)(F)F)nc3sc(C(N)=O)c(NC(=O)CCn4ccc(C)n4)c23)cc1. The number of rotatable bonds is 6. The van der Waals surface area contributed by atoms with Crippen molar-refractivity contribution in [2.75, 3.05) is 5.32 Å². The number of nitrogens with two attached hydrogens (primary N) is 1. The van der Waals surface area contributed by atoms with Gasteiger partial charge < -0.3 is 11.1 Å². The minimum absolute atomic E-state index is 0.0323. The zero-order valence-corrected chi connectivity index (χ0v) is 19.0. The second kappa shape index (κ2) is 8.90. The van der Waals surface area contributed by atoms with Crippen LogP contribution in [0, 0.1) is 13.8 Å². The van der Waals surface area contributed by atoms with Crippen molar-refractivity contribution in [2.45, 2.75) is 33.0 Å². The van der Waals surface area contributed by atoms with Gasteiger partial charge in [0.05, 0.1) is 11.4 Å². The summed E-state index contributed by atoms with van der Waals surface area (Å²) in [6.07, 6.45) is -2.93. The number of pyridine rings is 1. The first-order valence-electron chi connectivity index (χ1n) is 10.2. The molecule has 7 nitrogen and oxygen atoms in total. The Morgan fingerprint density at radius 1 is 1.15 bits per heavy atom. The summed E-state index contributed by atoms with van der Waals surface area (Å²) >= 11 is 0.716. The fraction of sp³-hybridized carbons (Fsp3) is 0.217. The fourth-order valence-electron chi connectivity index (χ4n) is 3.50. The number of halogens is 3. The van der Waals surface area contributed by atoms with Crippen molar-refractivity contribution >= 4 is 39.1 Å². The Kier molecular flexibility index (Phi) is 6.13. The molecule has 34 heavy (non-hydrogen) atoms. The van der Waals surface area contributed by atoms with Crippen LogP contribution in [0.25, 0.3) is 21.3 Å². The molecule has 0 aliphatic heterocycles. The van der Waals surface area contributed by atoms with Crippen molar-refractivity contribution in [3.8, 4) is 11.1 Å². The molecular formula is C23H20F3N5O2S. The zero-order chi connectivity index (χ0) is 24.6. The lowest BCUT2D eigenvalue weighted by Crippen LogP contribution is -2.18. The van der Waals surface area contributed by atoms with Crippen molar-refractivity contribution in [1.29, 1.82) is 0 Å². The van der Waals surface area contributed by atoms with E-state index < -0.39 is 23.7 Å². The van der Waals surface area contributed by atoms with Crippen LogP contribution in [0.15, 0.2) is 42.6 Å². The van der Waals surface area contributed by atoms with E-state index in [1.54, 1.807) is 41.2 Å². The van der Waals surface area contributed by atoms with E-state index in [9.17, 15) is 22.8 Å². The molecule has 0 spiro atoms. The first-order valence-corrected chi connectivity index (χ1v) is 11.1. The lowest BCUT2D eigenvalue weighted by atomic mass is 10.00. The first kappa shape index (κ1) is 23.4. The monoisotopic (exact) mass is 487 g/mol. The summed E-state index contributed by atoms with van der Waals surface area (Å²) in [4.78, 5) is 28.5. The van der Waals surface area contributed by atoms with E-state index in [-0.39, 0.29) is 39.3 Å². The van der Waals surface area contributed by atoms with Crippen molar-refractivity contribution in [2.24, 2.45) is 5.73 Å². The maximum Gasteiger partial charge on any atom is 0.433 e. The standard InChI is InChI=1S/C23H20F3N5O2S/c1-12-3-5-14(6-4-12)15-11-16(23(24,25)26)28-22-18(15)19(20(34-22)21(27)33)29-17(32)8-10-31-9-7-13(2)30-31/h3-7,9,11H,8,10H2,1-2H3,(H2,27,33)(H,29,32). The van der Waals surface area contributed by atoms with E-state index >= 15 is 0 Å². The summed E-state index contributed by atoms with van der Waals surface area (Å²) in [5, 5.41) is 7.13. The van der Waals surface area contributed by atoms with Crippen LogP contribution in [0.2, 0.25) is 0 Å². The molecule has 3 N–H and O–H groups in total. The first-order chi connectivity index (χ1) is 16.0. The molecule has 0 saturated carbocycles. The van der Waals surface area contributed by atoms with E-state index in [0.717, 1.165) is 17.3 Å². The van der Waals surface area contributed by atoms with Crippen LogP contribution in [-0.2, 0) is 17.5 Å². The summed E-state index contributed by atoms with van der Waals surface area (Å²) < 4.78 is 42.4. The van der Waals surface area contributed by atoms with Crippen LogP contribution in [0.1, 0.15) is 33.0 Å². The number of hydrogen-bond acceptors (Lipinski definition) is 5. The highest BCUT2D eigenvalue weighted by molar-refractivity contribution is 7.21. The third-order valence-corrected chi connectivity index (χ3v) is 6.24. The van der Waals surface area contributed by atoms with E-state index in [0.29, 0.717) is 16.9 Å². The van der Waals surface area contributed by atoms with Crippen molar-refractivity contribution in [3.05, 3.63) is 64.4 Å². The highest BCUT2D eigenvalue weighted by Crippen LogP contribution is 2.43. The highest BCUT2D eigenvalue weighted by atomic mass is 32.1. The second-order valence-corrected chi connectivity index (χ2v) is 8.79. The number of thiophene rings is 1. The number of carbonyl (C=O) groups is 2. The maximum atomic E-state index is 13.6. The Bertz CT molecular complexity index is 1390. The molecule has 0 aliphatic rings. The van der Waals surface area contributed by atoms with Gasteiger partial charge in [-0.15, -0.1) is 11.3 Å². The van der Waals surface area contributed by atoms with Crippen LogP contribution >= 0.6 is 11.3 Å². The number of primary amides is 1. The van der Waals surface area contributed by atoms with Gasteiger partial charge in [-0.05, 0) is 37.1 Å². The molecule has 0 fully saturated rings. The van der Waals surface area contributed by atoms with Crippen LogP contribution in [0.4, 0.5) is 18.9 Å². The number of benzene rings is 1. The van der Waals surface area contributed by atoms with Gasteiger partial charge in [-0.3, -0.25) is 14.3 Å². The molecule has 0 saturated heterocycles. The van der Waals surface area contributed by atoms with Gasteiger partial charge in [-0.25, -0.2) is 4.98 Å². The minimum Gasteiger partial charge on any atom is -0.365 e. The predicted molar refractivity (Wildman–Crippen MR) is 124 cm³/mol. The maximum absolute atomic E-state index is 13.6. The number of anilines is 1. The molecular weight excluding hydrogens is 467 g/mol. The molecule has 2 amide bonds. The molecule has 0 bridgehead atoms. The Balaban J connectivity index is 1.82. The lowest BCUT2D eigenvalue weighted by Gasteiger charge is -2.13. The molecule has 3 heterocycles. The number of carbonyl (C=O) groups excluding carboxylic acids is 2. The number of alkyl halides is 3. The van der Waals surface area contributed by atoms with Crippen LogP contribution in [0.3, 0.4) is 0 Å². The fourth-order valence-corrected chi connectivity index (χ4v) is 4.51. The molecule has 176 valence electrons. The number of nitrogens with one attached hydrogen (secondary N) is 1. The normalized spacial score (nSPS) is 11.7. The molecule has 0 atom stereocenters. The quantitative estimate of drug-likeness (QED) is 0.403. The van der Waals surface area contributed by atoms with Crippen molar-refractivity contribution < 1.29 is 22.8 Å². The summed E-state index contributed by atoms with van der Waals surface area (Å²) in [5.74, 6) is -1.31. The van der Waals surface area contributed by atoms with Gasteiger partial charge in [-0.2, -0.15) is 18.3 Å². The summed E-state index contributed by atoms with van der Waals surface area (Å²) in [7, 11) is 0. The Labute approximate surface area is 196 Å². The average molecular weight is 488 g/mol. The minimum atomic E-state index is -4.70. The van der Waals surface area contributed by atoms with E-state index in [1.807, 2.05) is 13.8 Å².